The molecule has 0 bridgehead atoms. The van der Waals surface area contributed by atoms with Gasteiger partial charge in [-0.15, -0.1) is 0 Å². The minimum atomic E-state index is -0.253. The summed E-state index contributed by atoms with van der Waals surface area (Å²) < 4.78 is 0.980. The fraction of sp³-hybridized carbons (Fsp3) is 0.500. The Morgan fingerprint density at radius 1 is 1.26 bits per heavy atom. The molecule has 5 heteroatoms. The van der Waals surface area contributed by atoms with Gasteiger partial charge in [0.25, 0.3) is 0 Å². The summed E-state index contributed by atoms with van der Waals surface area (Å²) in [5.74, 6) is -0.0814. The van der Waals surface area contributed by atoms with Gasteiger partial charge in [0.15, 0.2) is 0 Å². The zero-order chi connectivity index (χ0) is 13.7. The fourth-order valence-corrected chi connectivity index (χ4v) is 2.71. The van der Waals surface area contributed by atoms with Gasteiger partial charge in [-0.1, -0.05) is 28.8 Å². The average molecular weight is 327 g/mol. The number of anilines is 1. The van der Waals surface area contributed by atoms with E-state index in [1.807, 2.05) is 24.3 Å². The van der Waals surface area contributed by atoms with E-state index in [2.05, 4.69) is 26.6 Å². The van der Waals surface area contributed by atoms with E-state index in [4.69, 9.17) is 0 Å². The molecule has 0 atom stereocenters. The molecule has 1 aromatic rings. The van der Waals surface area contributed by atoms with Crippen LogP contribution in [0.25, 0.3) is 0 Å². The Kier molecular flexibility index (Phi) is 4.96. The van der Waals surface area contributed by atoms with Gasteiger partial charge in [0.2, 0.25) is 5.91 Å². The van der Waals surface area contributed by atoms with E-state index >= 15 is 0 Å². The molecular weight excluding hydrogens is 308 g/mol. The highest BCUT2D eigenvalue weighted by atomic mass is 79.9. The lowest BCUT2D eigenvalue weighted by Gasteiger charge is -2.27. The zero-order valence-electron chi connectivity index (χ0n) is 10.8. The number of rotatable bonds is 5. The summed E-state index contributed by atoms with van der Waals surface area (Å²) >= 11 is 3.35. The molecule has 0 saturated heterocycles. The normalized spacial score (nSPS) is 17.4. The monoisotopic (exact) mass is 326 g/mol. The summed E-state index contributed by atoms with van der Waals surface area (Å²) in [4.78, 5) is 11.8. The topological polar surface area (TPSA) is 61.4 Å². The Hall–Kier alpha value is -0.910. The number of hydrogen-bond donors (Lipinski definition) is 3. The first-order valence-corrected chi connectivity index (χ1v) is 7.34. The second kappa shape index (κ2) is 6.50. The largest absolute Gasteiger partial charge is 0.394 e. The molecular formula is C14H19BrN2O2. The van der Waals surface area contributed by atoms with E-state index < -0.39 is 0 Å². The maximum absolute atomic E-state index is 11.8. The van der Waals surface area contributed by atoms with Gasteiger partial charge in [-0.25, -0.2) is 0 Å². The first kappa shape index (κ1) is 14.5. The van der Waals surface area contributed by atoms with Gasteiger partial charge in [-0.3, -0.25) is 4.79 Å². The molecule has 0 heterocycles. The van der Waals surface area contributed by atoms with E-state index in [0.717, 1.165) is 35.8 Å². The number of benzene rings is 1. The summed E-state index contributed by atoms with van der Waals surface area (Å²) in [6, 6.07) is 7.46. The Morgan fingerprint density at radius 2 is 1.89 bits per heavy atom. The van der Waals surface area contributed by atoms with Crippen LogP contribution in [0.5, 0.6) is 0 Å². The first-order valence-electron chi connectivity index (χ1n) is 6.55. The van der Waals surface area contributed by atoms with Crippen LogP contribution in [0.3, 0.4) is 0 Å². The number of carbonyl (C=O) groups excluding carboxylic acids is 1. The maximum Gasteiger partial charge on any atom is 0.238 e. The summed E-state index contributed by atoms with van der Waals surface area (Å²) in [7, 11) is 0. The molecule has 104 valence electrons. The predicted octanol–water partition coefficient (Wildman–Crippen LogP) is 2.28. The molecule has 1 aliphatic rings. The van der Waals surface area contributed by atoms with Crippen molar-refractivity contribution in [3.8, 4) is 0 Å². The lowest BCUT2D eigenvalue weighted by Crippen LogP contribution is -2.49. The third-order valence-electron chi connectivity index (χ3n) is 3.62. The summed E-state index contributed by atoms with van der Waals surface area (Å²) in [5.41, 5.74) is 0.524. The third-order valence-corrected chi connectivity index (χ3v) is 4.14. The van der Waals surface area contributed by atoms with Crippen LogP contribution in [-0.4, -0.2) is 29.7 Å². The van der Waals surface area contributed by atoms with Crippen molar-refractivity contribution in [1.29, 1.82) is 0 Å². The quantitative estimate of drug-likeness (QED) is 0.778. The zero-order valence-corrected chi connectivity index (χ0v) is 12.4. The minimum absolute atomic E-state index is 0.0814. The van der Waals surface area contributed by atoms with Gasteiger partial charge in [0.05, 0.1) is 13.2 Å². The van der Waals surface area contributed by atoms with Gasteiger partial charge < -0.3 is 15.7 Å². The fourth-order valence-electron chi connectivity index (χ4n) is 2.45. The number of amides is 1. The molecule has 0 aliphatic heterocycles. The summed E-state index contributed by atoms with van der Waals surface area (Å²) in [5, 5.41) is 15.5. The molecule has 1 aliphatic carbocycles. The molecule has 0 spiro atoms. The van der Waals surface area contributed by atoms with Crippen LogP contribution >= 0.6 is 15.9 Å². The molecule has 1 saturated carbocycles. The van der Waals surface area contributed by atoms with Crippen LogP contribution in [0, 0.1) is 0 Å². The lowest BCUT2D eigenvalue weighted by molar-refractivity contribution is -0.115. The van der Waals surface area contributed by atoms with Crippen LogP contribution in [-0.2, 0) is 4.79 Å². The number of nitrogens with one attached hydrogen (secondary N) is 2. The van der Waals surface area contributed by atoms with Crippen molar-refractivity contribution < 1.29 is 9.90 Å². The van der Waals surface area contributed by atoms with Crippen LogP contribution in [0.15, 0.2) is 28.7 Å². The van der Waals surface area contributed by atoms with Gasteiger partial charge in [-0.2, -0.15) is 0 Å². The molecule has 2 rings (SSSR count). The first-order chi connectivity index (χ1) is 9.13. The maximum atomic E-state index is 11.8. The smallest absolute Gasteiger partial charge is 0.238 e. The van der Waals surface area contributed by atoms with Crippen molar-refractivity contribution in [2.45, 2.75) is 31.2 Å². The number of hydrogen-bond acceptors (Lipinski definition) is 3. The molecule has 1 amide bonds. The minimum Gasteiger partial charge on any atom is -0.394 e. The number of halogens is 1. The molecule has 0 radical (unpaired) electrons. The van der Waals surface area contributed by atoms with E-state index in [9.17, 15) is 9.90 Å². The summed E-state index contributed by atoms with van der Waals surface area (Å²) in [6.07, 6.45) is 4.11. The van der Waals surface area contributed by atoms with E-state index in [0.29, 0.717) is 0 Å². The highest BCUT2D eigenvalue weighted by Gasteiger charge is 2.32. The highest BCUT2D eigenvalue weighted by Crippen LogP contribution is 2.28. The van der Waals surface area contributed by atoms with Crippen LogP contribution in [0.2, 0.25) is 0 Å². The van der Waals surface area contributed by atoms with E-state index in [1.165, 1.54) is 0 Å². The molecule has 1 aromatic carbocycles. The Balaban J connectivity index is 1.82. The van der Waals surface area contributed by atoms with Crippen molar-refractivity contribution in [1.82, 2.24) is 5.32 Å². The molecule has 19 heavy (non-hydrogen) atoms. The second-order valence-electron chi connectivity index (χ2n) is 5.05. The van der Waals surface area contributed by atoms with Crippen LogP contribution < -0.4 is 10.6 Å². The third kappa shape index (κ3) is 4.03. The SMILES string of the molecule is O=C(CNC1(CO)CCCC1)Nc1ccc(Br)cc1. The second-order valence-corrected chi connectivity index (χ2v) is 5.97. The van der Waals surface area contributed by atoms with Crippen molar-refractivity contribution in [3.05, 3.63) is 28.7 Å². The lowest BCUT2D eigenvalue weighted by atomic mass is 9.99. The molecule has 3 N–H and O–H groups in total. The average Bonchev–Trinajstić information content (AvgIpc) is 2.89. The number of aliphatic hydroxyl groups is 1. The molecule has 1 fully saturated rings. The van der Waals surface area contributed by atoms with Gasteiger partial charge in [0, 0.05) is 15.7 Å². The molecule has 0 aromatic heterocycles. The van der Waals surface area contributed by atoms with E-state index in [-0.39, 0.29) is 24.6 Å². The Bertz CT molecular complexity index is 428. The molecule has 0 unspecified atom stereocenters. The van der Waals surface area contributed by atoms with Crippen LogP contribution in [0.4, 0.5) is 5.69 Å². The number of aliphatic hydroxyl groups excluding tert-OH is 1. The van der Waals surface area contributed by atoms with Gasteiger partial charge >= 0.3 is 0 Å². The Labute approximate surface area is 121 Å². The molecule has 4 nitrogen and oxygen atoms in total. The van der Waals surface area contributed by atoms with Crippen molar-refractivity contribution >= 4 is 27.5 Å². The van der Waals surface area contributed by atoms with E-state index in [1.54, 1.807) is 0 Å². The number of carbonyl (C=O) groups is 1. The Morgan fingerprint density at radius 3 is 2.47 bits per heavy atom. The highest BCUT2D eigenvalue weighted by molar-refractivity contribution is 9.10. The van der Waals surface area contributed by atoms with Crippen molar-refractivity contribution in [2.24, 2.45) is 0 Å². The van der Waals surface area contributed by atoms with Crippen molar-refractivity contribution in [2.75, 3.05) is 18.5 Å². The van der Waals surface area contributed by atoms with Gasteiger partial charge in [0.1, 0.15) is 0 Å². The van der Waals surface area contributed by atoms with Crippen LogP contribution in [0.1, 0.15) is 25.7 Å². The van der Waals surface area contributed by atoms with Crippen molar-refractivity contribution in [3.63, 3.8) is 0 Å². The van der Waals surface area contributed by atoms with Gasteiger partial charge in [-0.05, 0) is 37.1 Å². The summed E-state index contributed by atoms with van der Waals surface area (Å²) in [6.45, 7) is 0.329. The standard InChI is InChI=1S/C14H19BrN2O2/c15-11-3-5-12(6-4-11)17-13(19)9-16-14(10-18)7-1-2-8-14/h3-6,16,18H,1-2,7-10H2,(H,17,19). The predicted molar refractivity (Wildman–Crippen MR) is 79.1 cm³/mol.